The number of nitrogens with one attached hydrogen (secondary N) is 2. The number of rotatable bonds is 4. The molecule has 2 aromatic rings. The summed E-state index contributed by atoms with van der Waals surface area (Å²) in [6.07, 6.45) is 0. The van der Waals surface area contributed by atoms with Crippen LogP contribution in [0.15, 0.2) is 41.5 Å². The maximum absolute atomic E-state index is 6.18. The van der Waals surface area contributed by atoms with E-state index in [2.05, 4.69) is 15.8 Å². The number of thiocarbonyl (C=S) groups is 1. The molecule has 0 aliphatic heterocycles. The van der Waals surface area contributed by atoms with E-state index in [4.69, 9.17) is 51.8 Å². The Morgan fingerprint density at radius 2 is 1.71 bits per heavy atom. The lowest BCUT2D eigenvalue weighted by Crippen LogP contribution is -2.25. The number of ether oxygens (including phenoxy) is 1. The van der Waals surface area contributed by atoms with Crippen molar-refractivity contribution in [1.29, 1.82) is 0 Å². The van der Waals surface area contributed by atoms with Crippen LogP contribution in [-0.4, -0.2) is 17.9 Å². The van der Waals surface area contributed by atoms with E-state index in [9.17, 15) is 0 Å². The lowest BCUT2D eigenvalue weighted by molar-refractivity contribution is 0.415. The molecule has 0 spiro atoms. The van der Waals surface area contributed by atoms with Gasteiger partial charge in [-0.1, -0.05) is 40.9 Å². The molecule has 0 bridgehead atoms. The van der Waals surface area contributed by atoms with Gasteiger partial charge in [-0.25, -0.2) is 0 Å². The Balaban J connectivity index is 2.03. The zero-order chi connectivity index (χ0) is 17.7. The Hall–Kier alpha value is -1.53. The third-order valence-corrected chi connectivity index (χ3v) is 4.58. The summed E-state index contributed by atoms with van der Waals surface area (Å²) in [5.74, 6) is 0.766. The SMILES string of the molecule is COc1ccc(NC(=S)N/N=C(/C)c2ccc(Cl)c(Cl)c2Cl)cc1. The average molecular weight is 403 g/mol. The molecule has 0 aliphatic rings. The van der Waals surface area contributed by atoms with Crippen molar-refractivity contribution in [3.05, 3.63) is 57.0 Å². The number of nitrogens with zero attached hydrogens (tertiary/aromatic N) is 1. The van der Waals surface area contributed by atoms with Crippen molar-refractivity contribution in [1.82, 2.24) is 5.43 Å². The molecular weight excluding hydrogens is 389 g/mol. The van der Waals surface area contributed by atoms with Crippen LogP contribution in [0.25, 0.3) is 0 Å². The van der Waals surface area contributed by atoms with E-state index in [0.717, 1.165) is 11.4 Å². The molecule has 2 N–H and O–H groups in total. The van der Waals surface area contributed by atoms with Crippen LogP contribution in [0, 0.1) is 0 Å². The number of hydrogen-bond acceptors (Lipinski definition) is 3. The standard InChI is InChI=1S/C16H14Cl3N3OS/c1-9(12-7-8-13(17)15(19)14(12)18)21-22-16(24)20-10-3-5-11(23-2)6-4-10/h3-8H,1-2H3,(H2,20,22,24)/b21-9-. The van der Waals surface area contributed by atoms with Gasteiger partial charge in [0.25, 0.3) is 0 Å². The number of anilines is 1. The van der Waals surface area contributed by atoms with E-state index in [1.807, 2.05) is 24.3 Å². The van der Waals surface area contributed by atoms with Crippen molar-refractivity contribution in [2.45, 2.75) is 6.92 Å². The fourth-order valence-electron chi connectivity index (χ4n) is 1.83. The highest BCUT2D eigenvalue weighted by atomic mass is 35.5. The van der Waals surface area contributed by atoms with Gasteiger partial charge in [0.05, 0.1) is 27.9 Å². The summed E-state index contributed by atoms with van der Waals surface area (Å²) in [6, 6.07) is 10.8. The summed E-state index contributed by atoms with van der Waals surface area (Å²) in [5, 5.41) is 8.60. The second-order valence-corrected chi connectivity index (χ2v) is 6.29. The van der Waals surface area contributed by atoms with E-state index >= 15 is 0 Å². The van der Waals surface area contributed by atoms with Crippen molar-refractivity contribution in [2.75, 3.05) is 12.4 Å². The molecule has 4 nitrogen and oxygen atoms in total. The van der Waals surface area contributed by atoms with E-state index in [1.165, 1.54) is 0 Å². The molecule has 0 atom stereocenters. The smallest absolute Gasteiger partial charge is 0.191 e. The van der Waals surface area contributed by atoms with Gasteiger partial charge in [0, 0.05) is 11.3 Å². The van der Waals surface area contributed by atoms with Crippen LogP contribution in [-0.2, 0) is 0 Å². The first kappa shape index (κ1) is 18.8. The van der Waals surface area contributed by atoms with Crippen LogP contribution in [0.1, 0.15) is 12.5 Å². The second kappa shape index (κ2) is 8.53. The zero-order valence-corrected chi connectivity index (χ0v) is 15.9. The molecule has 0 saturated carbocycles. The lowest BCUT2D eigenvalue weighted by atomic mass is 10.1. The molecule has 8 heteroatoms. The second-order valence-electron chi connectivity index (χ2n) is 4.71. The number of hydrazone groups is 1. The van der Waals surface area contributed by atoms with Crippen LogP contribution in [0.2, 0.25) is 15.1 Å². The molecule has 0 aromatic heterocycles. The molecule has 126 valence electrons. The first-order valence-electron chi connectivity index (χ1n) is 6.81. The molecule has 0 unspecified atom stereocenters. The lowest BCUT2D eigenvalue weighted by Gasteiger charge is -2.10. The molecule has 2 aromatic carbocycles. The van der Waals surface area contributed by atoms with Crippen molar-refractivity contribution in [3.8, 4) is 5.75 Å². The van der Waals surface area contributed by atoms with E-state index in [-0.39, 0.29) is 0 Å². The van der Waals surface area contributed by atoms with Gasteiger partial charge in [0.1, 0.15) is 5.75 Å². The van der Waals surface area contributed by atoms with Crippen molar-refractivity contribution < 1.29 is 4.74 Å². The van der Waals surface area contributed by atoms with Gasteiger partial charge < -0.3 is 10.1 Å². The molecule has 24 heavy (non-hydrogen) atoms. The summed E-state index contributed by atoms with van der Waals surface area (Å²) < 4.78 is 5.10. The Bertz CT molecular complexity index is 779. The molecule has 0 saturated heterocycles. The van der Waals surface area contributed by atoms with Gasteiger partial charge in [0.2, 0.25) is 0 Å². The van der Waals surface area contributed by atoms with Crippen molar-refractivity contribution in [3.63, 3.8) is 0 Å². The van der Waals surface area contributed by atoms with Crippen LogP contribution >= 0.6 is 47.0 Å². The zero-order valence-electron chi connectivity index (χ0n) is 12.9. The molecule has 0 fully saturated rings. The van der Waals surface area contributed by atoms with Crippen LogP contribution in [0.3, 0.4) is 0 Å². The highest BCUT2D eigenvalue weighted by molar-refractivity contribution is 7.80. The highest BCUT2D eigenvalue weighted by Crippen LogP contribution is 2.32. The number of halogens is 3. The minimum absolute atomic E-state index is 0.296. The third kappa shape index (κ3) is 4.74. The van der Waals surface area contributed by atoms with Crippen LogP contribution in [0.5, 0.6) is 5.75 Å². The Kier molecular flexibility index (Phi) is 6.69. The monoisotopic (exact) mass is 401 g/mol. The van der Waals surface area contributed by atoms with E-state index in [1.54, 1.807) is 26.2 Å². The Morgan fingerprint density at radius 3 is 2.33 bits per heavy atom. The summed E-state index contributed by atoms with van der Waals surface area (Å²) >= 11 is 23.3. The van der Waals surface area contributed by atoms with Gasteiger partial charge in [-0.3, -0.25) is 5.43 Å². The van der Waals surface area contributed by atoms with Crippen molar-refractivity contribution in [2.24, 2.45) is 5.10 Å². The maximum atomic E-state index is 6.18. The first-order valence-corrected chi connectivity index (χ1v) is 8.35. The van der Waals surface area contributed by atoms with Crippen LogP contribution in [0.4, 0.5) is 5.69 Å². The molecule has 0 aliphatic carbocycles. The van der Waals surface area contributed by atoms with Gasteiger partial charge in [-0.05, 0) is 49.5 Å². The van der Waals surface area contributed by atoms with Gasteiger partial charge in [0.15, 0.2) is 5.11 Å². The van der Waals surface area contributed by atoms with E-state index < -0.39 is 0 Å². The topological polar surface area (TPSA) is 45.6 Å². The summed E-state index contributed by atoms with van der Waals surface area (Å²) in [5.41, 5.74) is 4.87. The third-order valence-electron chi connectivity index (χ3n) is 3.10. The minimum Gasteiger partial charge on any atom is -0.497 e. The molecule has 2 rings (SSSR count). The van der Waals surface area contributed by atoms with Gasteiger partial charge >= 0.3 is 0 Å². The Labute approximate surface area is 160 Å². The van der Waals surface area contributed by atoms with E-state index in [0.29, 0.717) is 31.5 Å². The van der Waals surface area contributed by atoms with Crippen molar-refractivity contribution >= 4 is 63.5 Å². The van der Waals surface area contributed by atoms with Gasteiger partial charge in [-0.2, -0.15) is 5.10 Å². The normalized spacial score (nSPS) is 11.1. The number of hydrogen-bond donors (Lipinski definition) is 2. The quantitative estimate of drug-likeness (QED) is 0.312. The predicted molar refractivity (Wildman–Crippen MR) is 106 cm³/mol. The summed E-state index contributed by atoms with van der Waals surface area (Å²) in [4.78, 5) is 0. The molecule has 0 heterocycles. The first-order chi connectivity index (χ1) is 11.4. The Morgan fingerprint density at radius 1 is 1.04 bits per heavy atom. The average Bonchev–Trinajstić information content (AvgIpc) is 2.58. The minimum atomic E-state index is 0.296. The number of benzene rings is 2. The fourth-order valence-corrected chi connectivity index (χ4v) is 2.67. The fraction of sp³-hybridized carbons (Fsp3) is 0.125. The van der Waals surface area contributed by atoms with Gasteiger partial charge in [-0.15, -0.1) is 0 Å². The molecular formula is C16H14Cl3N3OS. The summed E-state index contributed by atoms with van der Waals surface area (Å²) in [6.45, 7) is 1.79. The summed E-state index contributed by atoms with van der Waals surface area (Å²) in [7, 11) is 1.61. The largest absolute Gasteiger partial charge is 0.497 e. The molecule has 0 amide bonds. The van der Waals surface area contributed by atoms with Crippen LogP contribution < -0.4 is 15.5 Å². The predicted octanol–water partition coefficient (Wildman–Crippen LogP) is 5.37. The highest BCUT2D eigenvalue weighted by Gasteiger charge is 2.11. The number of methoxy groups -OCH3 is 1. The molecule has 0 radical (unpaired) electrons. The maximum Gasteiger partial charge on any atom is 0.191 e.